The first-order valence-corrected chi connectivity index (χ1v) is 12.7. The Morgan fingerprint density at radius 2 is 1.70 bits per heavy atom. The number of anilines is 1. The van der Waals surface area contributed by atoms with Crippen molar-refractivity contribution in [3.05, 3.63) is 91.9 Å². The zero-order chi connectivity index (χ0) is 26.7. The van der Waals surface area contributed by atoms with Gasteiger partial charge in [-0.2, -0.15) is 0 Å². The Morgan fingerprint density at radius 1 is 0.973 bits per heavy atom. The van der Waals surface area contributed by atoms with Crippen molar-refractivity contribution >= 4 is 57.1 Å². The molecule has 1 aliphatic heterocycles. The molecule has 0 spiro atoms. The van der Waals surface area contributed by atoms with Gasteiger partial charge in [0.25, 0.3) is 11.8 Å². The fourth-order valence-electron chi connectivity index (χ4n) is 3.73. The Bertz CT molecular complexity index is 1420. The predicted octanol–water partition coefficient (Wildman–Crippen LogP) is 6.36. The molecule has 0 unspecified atom stereocenters. The largest absolute Gasteiger partial charge is 0.490 e. The predicted molar refractivity (Wildman–Crippen MR) is 146 cm³/mol. The Balaban J connectivity index is 1.66. The van der Waals surface area contributed by atoms with E-state index < -0.39 is 17.8 Å². The minimum Gasteiger partial charge on any atom is -0.490 e. The average molecular weight is 584 g/mol. The molecular weight excluding hydrogens is 560 g/mol. The lowest BCUT2D eigenvalue weighted by molar-refractivity contribution is -0.122. The topological polar surface area (TPSA) is 84.9 Å². The van der Waals surface area contributed by atoms with E-state index >= 15 is 0 Å². The zero-order valence-electron chi connectivity index (χ0n) is 20.4. The van der Waals surface area contributed by atoms with E-state index in [0.29, 0.717) is 38.9 Å². The van der Waals surface area contributed by atoms with Crippen LogP contribution in [-0.4, -0.2) is 24.5 Å². The third-order valence-corrected chi connectivity index (χ3v) is 6.63. The number of hydrogen-bond donors (Lipinski definition) is 1. The van der Waals surface area contributed by atoms with Crippen molar-refractivity contribution in [2.45, 2.75) is 27.4 Å². The molecule has 4 amide bonds. The van der Waals surface area contributed by atoms with Crippen molar-refractivity contribution < 1.29 is 23.9 Å². The third-order valence-electron chi connectivity index (χ3n) is 5.79. The molecule has 4 rings (SSSR count). The van der Waals surface area contributed by atoms with Gasteiger partial charge in [0, 0.05) is 5.02 Å². The summed E-state index contributed by atoms with van der Waals surface area (Å²) >= 11 is 9.47. The number of imide groups is 2. The highest BCUT2D eigenvalue weighted by atomic mass is 79.9. The highest BCUT2D eigenvalue weighted by Crippen LogP contribution is 2.38. The minimum absolute atomic E-state index is 0.179. The van der Waals surface area contributed by atoms with E-state index in [2.05, 4.69) is 21.2 Å². The van der Waals surface area contributed by atoms with Crippen LogP contribution >= 0.6 is 27.5 Å². The van der Waals surface area contributed by atoms with Crippen LogP contribution in [0.3, 0.4) is 0 Å². The standard InChI is InChI=1S/C28H24BrClN2O5/c1-4-36-24-14-19(13-23(29)25(24)37-15-18-6-8-20(30)9-7-18)12-22-26(33)31-28(35)32(27(22)34)21-10-5-16(2)17(3)11-21/h5-14H,4,15H2,1-3H3,(H,31,33,35)/b22-12+. The average Bonchev–Trinajstić information content (AvgIpc) is 2.84. The molecule has 1 saturated heterocycles. The number of nitrogens with one attached hydrogen (secondary N) is 1. The van der Waals surface area contributed by atoms with Crippen LogP contribution in [0.25, 0.3) is 6.08 Å². The minimum atomic E-state index is -0.794. The number of ether oxygens (including phenoxy) is 2. The van der Waals surface area contributed by atoms with Gasteiger partial charge in [0.2, 0.25) is 0 Å². The number of halogens is 2. The van der Waals surface area contributed by atoms with Crippen LogP contribution in [0.4, 0.5) is 10.5 Å². The van der Waals surface area contributed by atoms with Gasteiger partial charge in [-0.15, -0.1) is 0 Å². The first kappa shape index (κ1) is 26.4. The van der Waals surface area contributed by atoms with Crippen LogP contribution in [0.5, 0.6) is 11.5 Å². The van der Waals surface area contributed by atoms with E-state index in [1.165, 1.54) is 6.08 Å². The summed E-state index contributed by atoms with van der Waals surface area (Å²) in [4.78, 5) is 39.4. The van der Waals surface area contributed by atoms with Gasteiger partial charge in [0.1, 0.15) is 12.2 Å². The third kappa shape index (κ3) is 5.87. The van der Waals surface area contributed by atoms with Crippen molar-refractivity contribution in [3.8, 4) is 11.5 Å². The van der Waals surface area contributed by atoms with Gasteiger partial charge in [0.15, 0.2) is 11.5 Å². The summed E-state index contributed by atoms with van der Waals surface area (Å²) in [5.74, 6) is -0.574. The molecule has 3 aromatic carbocycles. The monoisotopic (exact) mass is 582 g/mol. The Kier molecular flexibility index (Phi) is 8.00. The van der Waals surface area contributed by atoms with Crippen molar-refractivity contribution in [1.82, 2.24) is 5.32 Å². The van der Waals surface area contributed by atoms with Crippen LogP contribution in [-0.2, 0) is 16.2 Å². The second-order valence-corrected chi connectivity index (χ2v) is 9.70. The van der Waals surface area contributed by atoms with Crippen molar-refractivity contribution in [2.24, 2.45) is 0 Å². The molecule has 190 valence electrons. The van der Waals surface area contributed by atoms with E-state index in [4.69, 9.17) is 21.1 Å². The van der Waals surface area contributed by atoms with Crippen LogP contribution in [0.1, 0.15) is 29.2 Å². The Morgan fingerprint density at radius 3 is 2.38 bits per heavy atom. The summed E-state index contributed by atoms with van der Waals surface area (Å²) < 4.78 is 12.4. The Labute approximate surface area is 228 Å². The number of carbonyl (C=O) groups is 3. The lowest BCUT2D eigenvalue weighted by Gasteiger charge is -2.27. The maximum absolute atomic E-state index is 13.3. The molecule has 1 fully saturated rings. The summed E-state index contributed by atoms with van der Waals surface area (Å²) in [5.41, 5.74) is 3.58. The fraction of sp³-hybridized carbons (Fsp3) is 0.179. The molecular formula is C28H24BrClN2O5. The van der Waals surface area contributed by atoms with Gasteiger partial charge in [0.05, 0.1) is 16.8 Å². The normalized spacial score (nSPS) is 14.7. The number of nitrogens with zero attached hydrogens (tertiary/aromatic N) is 1. The van der Waals surface area contributed by atoms with Crippen LogP contribution in [0.15, 0.2) is 64.6 Å². The van der Waals surface area contributed by atoms with E-state index in [0.717, 1.165) is 21.6 Å². The highest BCUT2D eigenvalue weighted by molar-refractivity contribution is 9.10. The van der Waals surface area contributed by atoms with E-state index in [1.807, 2.05) is 39.0 Å². The fourth-order valence-corrected chi connectivity index (χ4v) is 4.43. The summed E-state index contributed by atoms with van der Waals surface area (Å²) in [6, 6.07) is 15.1. The SMILES string of the molecule is CCOc1cc(/C=C2\C(=O)NC(=O)N(c3ccc(C)c(C)c3)C2=O)cc(Br)c1OCc1ccc(Cl)cc1. The van der Waals surface area contributed by atoms with Gasteiger partial charge >= 0.3 is 6.03 Å². The molecule has 0 aliphatic carbocycles. The summed E-state index contributed by atoms with van der Waals surface area (Å²) in [7, 11) is 0. The molecule has 1 N–H and O–H groups in total. The summed E-state index contributed by atoms with van der Waals surface area (Å²) in [5, 5.41) is 2.89. The second-order valence-electron chi connectivity index (χ2n) is 8.40. The molecule has 0 radical (unpaired) electrons. The second kappa shape index (κ2) is 11.2. The molecule has 1 heterocycles. The van der Waals surface area contributed by atoms with Crippen molar-refractivity contribution in [3.63, 3.8) is 0 Å². The number of hydrogen-bond acceptors (Lipinski definition) is 5. The van der Waals surface area contributed by atoms with E-state index in [1.54, 1.807) is 36.4 Å². The van der Waals surface area contributed by atoms with Crippen LogP contribution < -0.4 is 19.7 Å². The number of barbiturate groups is 1. The molecule has 3 aromatic rings. The molecule has 0 saturated carbocycles. The quantitative estimate of drug-likeness (QED) is 0.258. The lowest BCUT2D eigenvalue weighted by Crippen LogP contribution is -2.54. The van der Waals surface area contributed by atoms with Gasteiger partial charge in [-0.3, -0.25) is 14.9 Å². The molecule has 0 bridgehead atoms. The maximum atomic E-state index is 13.3. The molecule has 1 aliphatic rings. The van der Waals surface area contributed by atoms with Gasteiger partial charge in [-0.25, -0.2) is 9.69 Å². The van der Waals surface area contributed by atoms with Gasteiger partial charge in [-0.1, -0.05) is 29.8 Å². The van der Waals surface area contributed by atoms with Crippen LogP contribution in [0.2, 0.25) is 5.02 Å². The number of amides is 4. The summed E-state index contributed by atoms with van der Waals surface area (Å²) in [6.45, 7) is 6.31. The molecule has 0 atom stereocenters. The maximum Gasteiger partial charge on any atom is 0.335 e. The molecule has 9 heteroatoms. The number of aryl methyl sites for hydroxylation is 2. The first-order chi connectivity index (χ1) is 17.7. The van der Waals surface area contributed by atoms with Crippen molar-refractivity contribution in [1.29, 1.82) is 0 Å². The van der Waals surface area contributed by atoms with Gasteiger partial charge in [-0.05, 0) is 101 Å². The number of rotatable bonds is 7. The molecule has 37 heavy (non-hydrogen) atoms. The molecule has 7 nitrogen and oxygen atoms in total. The van der Waals surface area contributed by atoms with Crippen molar-refractivity contribution in [2.75, 3.05) is 11.5 Å². The zero-order valence-corrected chi connectivity index (χ0v) is 22.8. The van der Waals surface area contributed by atoms with E-state index in [9.17, 15) is 14.4 Å². The lowest BCUT2D eigenvalue weighted by atomic mass is 10.0. The number of carbonyl (C=O) groups excluding carboxylic acids is 3. The number of urea groups is 1. The highest BCUT2D eigenvalue weighted by Gasteiger charge is 2.37. The smallest absolute Gasteiger partial charge is 0.335 e. The molecule has 0 aromatic heterocycles. The van der Waals surface area contributed by atoms with Crippen LogP contribution in [0, 0.1) is 13.8 Å². The first-order valence-electron chi connectivity index (χ1n) is 11.5. The van der Waals surface area contributed by atoms with E-state index in [-0.39, 0.29) is 12.2 Å². The Hall–Kier alpha value is -3.62. The van der Waals surface area contributed by atoms with Gasteiger partial charge < -0.3 is 9.47 Å². The summed E-state index contributed by atoms with van der Waals surface area (Å²) in [6.07, 6.45) is 1.43. The number of benzene rings is 3.